The van der Waals surface area contributed by atoms with Crippen molar-refractivity contribution in [2.75, 3.05) is 38.2 Å². The third-order valence-corrected chi connectivity index (χ3v) is 6.72. The molecule has 0 aliphatic carbocycles. The maximum absolute atomic E-state index is 12.8. The minimum atomic E-state index is 0.168. The lowest BCUT2D eigenvalue weighted by molar-refractivity contribution is 0.0976. The molecule has 6 rings (SSSR count). The van der Waals surface area contributed by atoms with Crippen molar-refractivity contribution in [1.82, 2.24) is 19.5 Å². The Kier molecular flexibility index (Phi) is 6.26. The molecule has 0 bridgehead atoms. The molecule has 0 unspecified atom stereocenters. The highest BCUT2D eigenvalue weighted by molar-refractivity contribution is 5.97. The predicted octanol–water partition coefficient (Wildman–Crippen LogP) is 4.97. The van der Waals surface area contributed by atoms with Crippen LogP contribution in [0.4, 0.5) is 11.6 Å². The fourth-order valence-electron chi connectivity index (χ4n) is 4.89. The van der Waals surface area contributed by atoms with Gasteiger partial charge in [0.15, 0.2) is 22.9 Å². The van der Waals surface area contributed by atoms with Crippen LogP contribution in [0.2, 0.25) is 0 Å². The van der Waals surface area contributed by atoms with Crippen LogP contribution in [0, 0.1) is 0 Å². The lowest BCUT2D eigenvalue weighted by Gasteiger charge is -2.19. The van der Waals surface area contributed by atoms with Gasteiger partial charge in [-0.25, -0.2) is 4.52 Å². The van der Waals surface area contributed by atoms with Gasteiger partial charge < -0.3 is 19.7 Å². The molecular formula is C28H29N5O3. The number of nitrogens with one attached hydrogen (secondary N) is 1. The van der Waals surface area contributed by atoms with Gasteiger partial charge in [0.05, 0.1) is 5.69 Å². The third-order valence-electron chi connectivity index (χ3n) is 6.72. The number of nitrogens with zero attached hydrogens (tertiary/aromatic N) is 4. The summed E-state index contributed by atoms with van der Waals surface area (Å²) in [5, 5.41) is 7.97. The van der Waals surface area contributed by atoms with Crippen molar-refractivity contribution in [3.63, 3.8) is 0 Å². The molecule has 2 aliphatic heterocycles. The van der Waals surface area contributed by atoms with Crippen LogP contribution in [0.3, 0.4) is 0 Å². The van der Waals surface area contributed by atoms with Crippen molar-refractivity contribution in [3.8, 4) is 22.8 Å². The molecule has 1 saturated heterocycles. The number of ether oxygens (including phenoxy) is 2. The second kappa shape index (κ2) is 9.99. The summed E-state index contributed by atoms with van der Waals surface area (Å²) in [6, 6.07) is 19.3. The molecule has 2 aromatic heterocycles. The van der Waals surface area contributed by atoms with Crippen LogP contribution >= 0.6 is 0 Å². The van der Waals surface area contributed by atoms with Crippen LogP contribution in [0.1, 0.15) is 36.0 Å². The van der Waals surface area contributed by atoms with E-state index in [2.05, 4.69) is 15.2 Å². The first kappa shape index (κ1) is 22.5. The predicted molar refractivity (Wildman–Crippen MR) is 138 cm³/mol. The Balaban J connectivity index is 1.18. The number of fused-ring (bicyclic) bond motifs is 2. The van der Waals surface area contributed by atoms with Crippen LogP contribution in [0.15, 0.2) is 60.7 Å². The summed E-state index contributed by atoms with van der Waals surface area (Å²) in [4.78, 5) is 19.9. The number of hydrogen-bond donors (Lipinski definition) is 1. The fraction of sp³-hybridized carbons (Fsp3) is 0.321. The Morgan fingerprint density at radius 2 is 1.78 bits per heavy atom. The monoisotopic (exact) mass is 483 g/mol. The maximum atomic E-state index is 12.8. The first-order valence-electron chi connectivity index (χ1n) is 12.6. The highest BCUT2D eigenvalue weighted by atomic mass is 16.6. The molecule has 0 radical (unpaired) electrons. The lowest BCUT2D eigenvalue weighted by atomic mass is 10.1. The van der Waals surface area contributed by atoms with E-state index < -0.39 is 0 Å². The normalized spacial score (nSPS) is 15.3. The Morgan fingerprint density at radius 3 is 2.67 bits per heavy atom. The zero-order chi connectivity index (χ0) is 24.3. The number of Topliss-reactive ketones (excluding diaryl/α,β-unsaturated/α-hetero) is 1. The average Bonchev–Trinajstić information content (AvgIpc) is 3.58. The average molecular weight is 484 g/mol. The molecule has 0 atom stereocenters. The second-order valence-corrected chi connectivity index (χ2v) is 9.26. The van der Waals surface area contributed by atoms with Crippen LogP contribution in [-0.2, 0) is 0 Å². The molecule has 4 heterocycles. The molecule has 4 aromatic rings. The molecule has 8 nitrogen and oxygen atoms in total. The van der Waals surface area contributed by atoms with Gasteiger partial charge in [-0.15, -0.1) is 5.10 Å². The lowest BCUT2D eigenvalue weighted by Crippen LogP contribution is -2.21. The molecule has 184 valence electrons. The molecule has 2 aliphatic rings. The van der Waals surface area contributed by atoms with E-state index in [1.807, 2.05) is 60.7 Å². The quantitative estimate of drug-likeness (QED) is 0.354. The zero-order valence-electron chi connectivity index (χ0n) is 20.2. The minimum Gasteiger partial charge on any atom is -0.486 e. The number of carbonyl (C=O) groups excluding carboxylic acids is 1. The van der Waals surface area contributed by atoms with Gasteiger partial charge in [0, 0.05) is 23.2 Å². The number of aromatic nitrogens is 3. The zero-order valence-corrected chi connectivity index (χ0v) is 20.2. The molecule has 0 saturated carbocycles. The van der Waals surface area contributed by atoms with Crippen molar-refractivity contribution < 1.29 is 14.3 Å². The van der Waals surface area contributed by atoms with E-state index >= 15 is 0 Å². The minimum absolute atomic E-state index is 0.168. The van der Waals surface area contributed by atoms with Crippen molar-refractivity contribution in [1.29, 1.82) is 0 Å². The van der Waals surface area contributed by atoms with E-state index in [4.69, 9.17) is 14.6 Å². The topological polar surface area (TPSA) is 81.0 Å². The van der Waals surface area contributed by atoms with E-state index in [0.29, 0.717) is 31.1 Å². The van der Waals surface area contributed by atoms with Crippen LogP contribution in [-0.4, -0.2) is 58.1 Å². The number of hydrogen-bond acceptors (Lipinski definition) is 7. The van der Waals surface area contributed by atoms with E-state index in [0.717, 1.165) is 60.1 Å². The Hall–Kier alpha value is -3.91. The van der Waals surface area contributed by atoms with E-state index in [1.165, 1.54) is 12.8 Å². The largest absolute Gasteiger partial charge is 0.486 e. The van der Waals surface area contributed by atoms with Crippen LogP contribution < -0.4 is 14.8 Å². The number of ketones is 1. The van der Waals surface area contributed by atoms with Gasteiger partial charge >= 0.3 is 0 Å². The highest BCUT2D eigenvalue weighted by Gasteiger charge is 2.16. The van der Waals surface area contributed by atoms with E-state index in [9.17, 15) is 4.79 Å². The first-order chi connectivity index (χ1) is 17.7. The molecule has 2 aromatic carbocycles. The van der Waals surface area contributed by atoms with Gasteiger partial charge in [-0.05, 0) is 81.4 Å². The van der Waals surface area contributed by atoms with Gasteiger partial charge in [0.1, 0.15) is 13.2 Å². The Morgan fingerprint density at radius 1 is 0.944 bits per heavy atom. The summed E-state index contributed by atoms with van der Waals surface area (Å²) in [7, 11) is 0. The van der Waals surface area contributed by atoms with Gasteiger partial charge in [-0.1, -0.05) is 18.2 Å². The van der Waals surface area contributed by atoms with E-state index in [-0.39, 0.29) is 5.78 Å². The number of benzene rings is 2. The fourth-order valence-corrected chi connectivity index (χ4v) is 4.89. The smallest absolute Gasteiger partial charge is 0.247 e. The summed E-state index contributed by atoms with van der Waals surface area (Å²) in [5.74, 6) is 2.13. The summed E-state index contributed by atoms with van der Waals surface area (Å²) < 4.78 is 13.2. The third kappa shape index (κ3) is 4.77. The van der Waals surface area contributed by atoms with Gasteiger partial charge in [-0.2, -0.15) is 4.98 Å². The standard InChI is InChI=1S/C28H29N5O3/c34-24(9-5-15-32-13-1-2-14-32)21-6-3-7-22(18-21)29-28-30-27-10-4-8-23(33(27)31-28)20-11-12-25-26(19-20)36-17-16-35-25/h3-4,6-8,10-12,18-19H,1-2,5,9,13-17H2,(H,29,31). The maximum Gasteiger partial charge on any atom is 0.247 e. The van der Waals surface area contributed by atoms with Gasteiger partial charge in [-0.3, -0.25) is 4.79 Å². The van der Waals surface area contributed by atoms with Crippen molar-refractivity contribution in [3.05, 3.63) is 66.2 Å². The molecule has 1 N–H and O–H groups in total. The molecular weight excluding hydrogens is 454 g/mol. The summed E-state index contributed by atoms with van der Waals surface area (Å²) >= 11 is 0. The molecule has 0 amide bonds. The summed E-state index contributed by atoms with van der Waals surface area (Å²) in [5.41, 5.74) is 4.08. The highest BCUT2D eigenvalue weighted by Crippen LogP contribution is 2.34. The van der Waals surface area contributed by atoms with Crippen LogP contribution in [0.25, 0.3) is 16.9 Å². The summed E-state index contributed by atoms with van der Waals surface area (Å²) in [6.07, 6.45) is 4.01. The number of rotatable bonds is 8. The van der Waals surface area contributed by atoms with E-state index in [1.54, 1.807) is 4.52 Å². The van der Waals surface area contributed by atoms with Crippen molar-refractivity contribution in [2.24, 2.45) is 0 Å². The Labute approximate surface area is 209 Å². The Bertz CT molecular complexity index is 1390. The summed E-state index contributed by atoms with van der Waals surface area (Å²) in [6.45, 7) is 4.43. The molecule has 1 fully saturated rings. The number of carbonyl (C=O) groups is 1. The van der Waals surface area contributed by atoms with Gasteiger partial charge in [0.25, 0.3) is 0 Å². The SMILES string of the molecule is O=C(CCCN1CCCC1)c1cccc(Nc2nc3cccc(-c4ccc5c(c4)OCCO5)n3n2)c1. The number of likely N-dealkylation sites (tertiary alicyclic amines) is 1. The van der Waals surface area contributed by atoms with Crippen LogP contribution in [0.5, 0.6) is 11.5 Å². The molecule has 36 heavy (non-hydrogen) atoms. The number of pyridine rings is 1. The second-order valence-electron chi connectivity index (χ2n) is 9.26. The van der Waals surface area contributed by atoms with Crippen molar-refractivity contribution >= 4 is 23.1 Å². The molecule has 8 heteroatoms. The van der Waals surface area contributed by atoms with Gasteiger partial charge in [0.2, 0.25) is 5.95 Å². The van der Waals surface area contributed by atoms with Crippen molar-refractivity contribution in [2.45, 2.75) is 25.7 Å². The number of anilines is 2. The first-order valence-corrected chi connectivity index (χ1v) is 12.6. The molecule has 0 spiro atoms.